The number of carbonyl (C=O) groups is 1. The average molecular weight is 374 g/mol. The zero-order chi connectivity index (χ0) is 17.8. The Kier molecular flexibility index (Phi) is 5.47. The second-order valence-electron chi connectivity index (χ2n) is 5.64. The molecule has 0 aliphatic heterocycles. The van der Waals surface area contributed by atoms with Crippen LogP contribution in [0.5, 0.6) is 5.75 Å². The zero-order valence-electron chi connectivity index (χ0n) is 13.6. The van der Waals surface area contributed by atoms with Gasteiger partial charge in [-0.3, -0.25) is 4.79 Å². The van der Waals surface area contributed by atoms with Crippen LogP contribution in [-0.2, 0) is 4.79 Å². The summed E-state index contributed by atoms with van der Waals surface area (Å²) in [6, 6.07) is 18.7. The van der Waals surface area contributed by atoms with Crippen molar-refractivity contribution >= 4 is 45.6 Å². The first-order chi connectivity index (χ1) is 12.1. The van der Waals surface area contributed by atoms with Gasteiger partial charge in [0, 0.05) is 5.02 Å². The summed E-state index contributed by atoms with van der Waals surface area (Å²) < 4.78 is 5.89. The van der Waals surface area contributed by atoms with Gasteiger partial charge in [0.25, 0.3) is 5.91 Å². The van der Waals surface area contributed by atoms with Gasteiger partial charge in [-0.25, -0.2) is 0 Å². The number of benzene rings is 3. The number of ether oxygens (including phenoxy) is 1. The maximum Gasteiger partial charge on any atom is 0.265 e. The number of rotatable bonds is 5. The van der Waals surface area contributed by atoms with Gasteiger partial charge in [-0.05, 0) is 47.5 Å². The first-order valence-corrected chi connectivity index (χ1v) is 8.74. The molecule has 0 bridgehead atoms. The van der Waals surface area contributed by atoms with Crippen molar-refractivity contribution in [3.8, 4) is 5.75 Å². The van der Waals surface area contributed by atoms with E-state index in [0.717, 1.165) is 10.8 Å². The fourth-order valence-corrected chi connectivity index (χ4v) is 2.99. The minimum atomic E-state index is -0.618. The Morgan fingerprint density at radius 1 is 1.04 bits per heavy atom. The lowest BCUT2D eigenvalue weighted by Gasteiger charge is -2.18. The van der Waals surface area contributed by atoms with Crippen LogP contribution in [0, 0.1) is 0 Å². The third-order valence-corrected chi connectivity index (χ3v) is 4.40. The molecule has 0 aliphatic carbocycles. The first-order valence-electron chi connectivity index (χ1n) is 7.98. The van der Waals surface area contributed by atoms with Crippen LogP contribution < -0.4 is 10.1 Å². The predicted octanol–water partition coefficient (Wildman–Crippen LogP) is 5.94. The third-order valence-electron chi connectivity index (χ3n) is 3.85. The van der Waals surface area contributed by atoms with Gasteiger partial charge in [0.1, 0.15) is 5.75 Å². The van der Waals surface area contributed by atoms with Crippen molar-refractivity contribution in [1.29, 1.82) is 0 Å². The number of nitrogens with one attached hydrogen (secondary N) is 1. The molecule has 3 rings (SSSR count). The minimum Gasteiger partial charge on any atom is -0.481 e. The molecule has 0 spiro atoms. The summed E-state index contributed by atoms with van der Waals surface area (Å²) in [6.45, 7) is 1.90. The van der Waals surface area contributed by atoms with Crippen molar-refractivity contribution in [1.82, 2.24) is 0 Å². The van der Waals surface area contributed by atoms with Gasteiger partial charge < -0.3 is 10.1 Å². The Morgan fingerprint density at radius 3 is 2.52 bits per heavy atom. The molecule has 1 atom stereocenters. The molecule has 0 fully saturated rings. The molecule has 0 radical (unpaired) electrons. The summed E-state index contributed by atoms with van der Waals surface area (Å²) in [7, 11) is 0. The van der Waals surface area contributed by atoms with Gasteiger partial charge in [0.2, 0.25) is 0 Å². The second-order valence-corrected chi connectivity index (χ2v) is 6.48. The molecular formula is C20H17Cl2NO2. The Labute approximate surface area is 156 Å². The van der Waals surface area contributed by atoms with E-state index in [9.17, 15) is 4.79 Å². The molecule has 1 N–H and O–H groups in total. The molecule has 0 heterocycles. The van der Waals surface area contributed by atoms with Gasteiger partial charge in [0.15, 0.2) is 6.10 Å². The number of hydrogen-bond donors (Lipinski definition) is 1. The first kappa shape index (κ1) is 17.6. The molecule has 3 aromatic carbocycles. The van der Waals surface area contributed by atoms with Crippen LogP contribution in [0.15, 0.2) is 60.7 Å². The number of anilines is 1. The molecule has 128 valence electrons. The molecule has 1 unspecified atom stereocenters. The van der Waals surface area contributed by atoms with E-state index in [4.69, 9.17) is 27.9 Å². The highest BCUT2D eigenvalue weighted by molar-refractivity contribution is 6.36. The number of carbonyl (C=O) groups excluding carboxylic acids is 1. The fraction of sp³-hybridized carbons (Fsp3) is 0.150. The lowest BCUT2D eigenvalue weighted by atomic mass is 10.1. The summed E-state index contributed by atoms with van der Waals surface area (Å²) in [6.07, 6.45) is -0.0861. The van der Waals surface area contributed by atoms with E-state index in [-0.39, 0.29) is 5.91 Å². The average Bonchev–Trinajstić information content (AvgIpc) is 2.61. The molecule has 0 aromatic heterocycles. The van der Waals surface area contributed by atoms with Gasteiger partial charge >= 0.3 is 0 Å². The van der Waals surface area contributed by atoms with Crippen LogP contribution in [0.1, 0.15) is 13.3 Å². The third kappa shape index (κ3) is 4.25. The van der Waals surface area contributed by atoms with Crippen molar-refractivity contribution in [3.63, 3.8) is 0 Å². The van der Waals surface area contributed by atoms with Crippen LogP contribution in [0.4, 0.5) is 5.69 Å². The van der Waals surface area contributed by atoms with E-state index < -0.39 is 6.10 Å². The summed E-state index contributed by atoms with van der Waals surface area (Å²) in [5.41, 5.74) is 0.511. The minimum absolute atomic E-state index is 0.250. The highest BCUT2D eigenvalue weighted by atomic mass is 35.5. The summed E-state index contributed by atoms with van der Waals surface area (Å²) in [5.74, 6) is 0.405. The summed E-state index contributed by atoms with van der Waals surface area (Å²) in [4.78, 5) is 12.5. The number of fused-ring (bicyclic) bond motifs is 1. The second kappa shape index (κ2) is 7.77. The van der Waals surface area contributed by atoms with Crippen molar-refractivity contribution in [2.75, 3.05) is 5.32 Å². The van der Waals surface area contributed by atoms with Crippen LogP contribution in [0.3, 0.4) is 0 Å². The molecule has 0 saturated heterocycles. The Morgan fingerprint density at radius 2 is 1.80 bits per heavy atom. The monoisotopic (exact) mass is 373 g/mol. The Hall–Kier alpha value is -2.23. The zero-order valence-corrected chi connectivity index (χ0v) is 15.1. The Bertz CT molecular complexity index is 911. The van der Waals surface area contributed by atoms with Crippen molar-refractivity contribution in [2.45, 2.75) is 19.4 Å². The van der Waals surface area contributed by atoms with E-state index >= 15 is 0 Å². The SMILES string of the molecule is CCC(Oc1ccc2ccccc2c1)C(=O)Nc1ccc(Cl)cc1Cl. The Balaban J connectivity index is 1.75. The van der Waals surface area contributed by atoms with Gasteiger partial charge in [-0.2, -0.15) is 0 Å². The van der Waals surface area contributed by atoms with Crippen LogP contribution in [-0.4, -0.2) is 12.0 Å². The lowest BCUT2D eigenvalue weighted by molar-refractivity contribution is -0.122. The number of halogens is 2. The summed E-state index contributed by atoms with van der Waals surface area (Å²) in [5, 5.41) is 5.89. The van der Waals surface area contributed by atoms with Crippen LogP contribution >= 0.6 is 23.2 Å². The number of amides is 1. The molecule has 0 saturated carbocycles. The quantitative estimate of drug-likeness (QED) is 0.600. The van der Waals surface area contributed by atoms with Crippen molar-refractivity contribution in [3.05, 3.63) is 70.7 Å². The van der Waals surface area contributed by atoms with E-state index in [0.29, 0.717) is 27.9 Å². The van der Waals surface area contributed by atoms with Crippen molar-refractivity contribution in [2.24, 2.45) is 0 Å². The van der Waals surface area contributed by atoms with E-state index in [1.54, 1.807) is 18.2 Å². The van der Waals surface area contributed by atoms with E-state index in [2.05, 4.69) is 5.32 Å². The molecule has 1 amide bonds. The maximum absolute atomic E-state index is 12.5. The fourth-order valence-electron chi connectivity index (χ4n) is 2.53. The van der Waals surface area contributed by atoms with Crippen molar-refractivity contribution < 1.29 is 9.53 Å². The molecule has 5 heteroatoms. The van der Waals surface area contributed by atoms with Gasteiger partial charge in [-0.15, -0.1) is 0 Å². The van der Waals surface area contributed by atoms with Crippen LogP contribution in [0.2, 0.25) is 10.0 Å². The highest BCUT2D eigenvalue weighted by Gasteiger charge is 2.19. The van der Waals surface area contributed by atoms with Crippen LogP contribution in [0.25, 0.3) is 10.8 Å². The van der Waals surface area contributed by atoms with E-state index in [1.165, 1.54) is 0 Å². The maximum atomic E-state index is 12.5. The van der Waals surface area contributed by atoms with Gasteiger partial charge in [-0.1, -0.05) is 60.5 Å². The lowest BCUT2D eigenvalue weighted by Crippen LogP contribution is -2.32. The molecule has 3 nitrogen and oxygen atoms in total. The topological polar surface area (TPSA) is 38.3 Å². The molecule has 25 heavy (non-hydrogen) atoms. The summed E-state index contributed by atoms with van der Waals surface area (Å²) >= 11 is 12.0. The highest BCUT2D eigenvalue weighted by Crippen LogP contribution is 2.26. The predicted molar refractivity (Wildman–Crippen MR) is 104 cm³/mol. The molecule has 0 aliphatic rings. The molecular weight excluding hydrogens is 357 g/mol. The largest absolute Gasteiger partial charge is 0.481 e. The van der Waals surface area contributed by atoms with Gasteiger partial charge in [0.05, 0.1) is 10.7 Å². The smallest absolute Gasteiger partial charge is 0.265 e. The normalized spacial score (nSPS) is 12.0. The molecule has 3 aromatic rings. The standard InChI is InChI=1S/C20H17Cl2NO2/c1-2-19(20(24)23-18-10-8-15(21)12-17(18)22)25-16-9-7-13-5-3-4-6-14(13)11-16/h3-12,19H,2H2,1H3,(H,23,24). The van der Waals surface area contributed by atoms with E-state index in [1.807, 2.05) is 49.4 Å². The number of hydrogen-bond acceptors (Lipinski definition) is 2.